The summed E-state index contributed by atoms with van der Waals surface area (Å²) in [7, 11) is 0. The van der Waals surface area contributed by atoms with Gasteiger partial charge < -0.3 is 15.3 Å². The van der Waals surface area contributed by atoms with E-state index in [1.807, 2.05) is 12.1 Å². The number of carboxylic acids is 1. The van der Waals surface area contributed by atoms with Crippen LogP contribution in [0.3, 0.4) is 0 Å². The zero-order valence-electron chi connectivity index (χ0n) is 15.5. The molecular formula is C21H30N2O3. The predicted molar refractivity (Wildman–Crippen MR) is 102 cm³/mol. The van der Waals surface area contributed by atoms with Crippen LogP contribution in [0.25, 0.3) is 0 Å². The fourth-order valence-electron chi connectivity index (χ4n) is 4.11. The molecule has 1 unspecified atom stereocenters. The Morgan fingerprint density at radius 1 is 1.00 bits per heavy atom. The first-order chi connectivity index (χ1) is 12.6. The third-order valence-corrected chi connectivity index (χ3v) is 5.77. The van der Waals surface area contributed by atoms with Crippen LogP contribution in [0.5, 0.6) is 0 Å². The van der Waals surface area contributed by atoms with Gasteiger partial charge in [0, 0.05) is 24.7 Å². The number of nitrogens with zero attached hydrogens (tertiary/aromatic N) is 1. The van der Waals surface area contributed by atoms with Gasteiger partial charge in [-0.15, -0.1) is 0 Å². The van der Waals surface area contributed by atoms with Crippen LogP contribution < -0.4 is 5.32 Å². The van der Waals surface area contributed by atoms with E-state index < -0.39 is 5.97 Å². The molecule has 0 bridgehead atoms. The number of aliphatic carboxylic acids is 1. The average molecular weight is 358 g/mol. The van der Waals surface area contributed by atoms with Crippen molar-refractivity contribution in [3.05, 3.63) is 29.8 Å². The van der Waals surface area contributed by atoms with Crippen molar-refractivity contribution in [2.24, 2.45) is 11.8 Å². The monoisotopic (exact) mass is 358 g/mol. The lowest BCUT2D eigenvalue weighted by Crippen LogP contribution is -2.39. The number of likely N-dealkylation sites (tertiary alicyclic amines) is 1. The maximum atomic E-state index is 12.3. The molecule has 1 aliphatic heterocycles. The van der Waals surface area contributed by atoms with Crippen LogP contribution >= 0.6 is 0 Å². The largest absolute Gasteiger partial charge is 0.481 e. The molecule has 1 saturated carbocycles. The number of amides is 1. The van der Waals surface area contributed by atoms with Crippen LogP contribution in [0.2, 0.25) is 0 Å². The molecule has 0 radical (unpaired) electrons. The highest BCUT2D eigenvalue weighted by atomic mass is 16.4. The van der Waals surface area contributed by atoms with Crippen LogP contribution in [-0.4, -0.2) is 41.5 Å². The number of piperidine rings is 1. The molecule has 1 saturated heterocycles. The number of hydrogen-bond acceptors (Lipinski definition) is 3. The minimum Gasteiger partial charge on any atom is -0.481 e. The first kappa shape index (κ1) is 18.9. The summed E-state index contributed by atoms with van der Waals surface area (Å²) in [5, 5.41) is 12.2. The molecule has 2 N–H and O–H groups in total. The van der Waals surface area contributed by atoms with Crippen LogP contribution in [0.15, 0.2) is 24.3 Å². The molecule has 1 aliphatic carbocycles. The summed E-state index contributed by atoms with van der Waals surface area (Å²) < 4.78 is 0. The van der Waals surface area contributed by atoms with Gasteiger partial charge in [-0.2, -0.15) is 0 Å². The van der Waals surface area contributed by atoms with Gasteiger partial charge in [0.25, 0.3) is 0 Å². The molecular weight excluding hydrogens is 328 g/mol. The number of carbonyl (C=O) groups excluding carboxylic acids is 1. The van der Waals surface area contributed by atoms with Crippen molar-refractivity contribution in [1.29, 1.82) is 0 Å². The van der Waals surface area contributed by atoms with E-state index >= 15 is 0 Å². The third kappa shape index (κ3) is 5.31. The highest BCUT2D eigenvalue weighted by Gasteiger charge is 2.25. The molecule has 26 heavy (non-hydrogen) atoms. The Morgan fingerprint density at radius 2 is 1.69 bits per heavy atom. The summed E-state index contributed by atoms with van der Waals surface area (Å²) in [4.78, 5) is 25.7. The van der Waals surface area contributed by atoms with Crippen LogP contribution in [-0.2, 0) is 16.0 Å². The highest BCUT2D eigenvalue weighted by molar-refractivity contribution is 5.92. The minimum absolute atomic E-state index is 0.158. The van der Waals surface area contributed by atoms with Gasteiger partial charge in [-0.25, -0.2) is 0 Å². The minimum atomic E-state index is -0.673. The highest BCUT2D eigenvalue weighted by Crippen LogP contribution is 2.25. The van der Waals surface area contributed by atoms with Crippen molar-refractivity contribution >= 4 is 17.6 Å². The van der Waals surface area contributed by atoms with E-state index in [0.29, 0.717) is 6.54 Å². The molecule has 5 nitrogen and oxygen atoms in total. The van der Waals surface area contributed by atoms with Gasteiger partial charge in [-0.1, -0.05) is 31.4 Å². The number of anilines is 1. The molecule has 2 fully saturated rings. The Balaban J connectivity index is 1.45. The van der Waals surface area contributed by atoms with Gasteiger partial charge in [0.15, 0.2) is 0 Å². The molecule has 1 aromatic rings. The Morgan fingerprint density at radius 3 is 2.38 bits per heavy atom. The summed E-state index contributed by atoms with van der Waals surface area (Å²) >= 11 is 0. The second-order valence-electron chi connectivity index (χ2n) is 7.75. The summed E-state index contributed by atoms with van der Waals surface area (Å²) in [6, 6.07) is 8.09. The molecule has 1 heterocycles. The lowest BCUT2D eigenvalue weighted by atomic mass is 9.88. The van der Waals surface area contributed by atoms with Gasteiger partial charge in [0.1, 0.15) is 0 Å². The van der Waals surface area contributed by atoms with Crippen molar-refractivity contribution < 1.29 is 14.7 Å². The average Bonchev–Trinajstić information content (AvgIpc) is 2.68. The fourth-order valence-corrected chi connectivity index (χ4v) is 4.11. The smallest absolute Gasteiger partial charge is 0.307 e. The molecule has 3 rings (SSSR count). The molecule has 142 valence electrons. The Hall–Kier alpha value is -1.88. The summed E-state index contributed by atoms with van der Waals surface area (Å²) in [6.07, 6.45) is 8.26. The van der Waals surface area contributed by atoms with Crippen LogP contribution in [0.4, 0.5) is 5.69 Å². The van der Waals surface area contributed by atoms with Crippen molar-refractivity contribution in [3.8, 4) is 0 Å². The van der Waals surface area contributed by atoms with Gasteiger partial charge in [-0.3, -0.25) is 9.59 Å². The Kier molecular flexibility index (Phi) is 6.67. The van der Waals surface area contributed by atoms with Crippen molar-refractivity contribution in [2.75, 3.05) is 25.0 Å². The summed E-state index contributed by atoms with van der Waals surface area (Å²) in [6.45, 7) is 2.53. The van der Waals surface area contributed by atoms with Crippen LogP contribution in [0, 0.1) is 11.8 Å². The van der Waals surface area contributed by atoms with Crippen molar-refractivity contribution in [3.63, 3.8) is 0 Å². The van der Waals surface area contributed by atoms with E-state index in [-0.39, 0.29) is 17.7 Å². The molecule has 2 aliphatic rings. The fraction of sp³-hybridized carbons (Fsp3) is 0.619. The Labute approximate surface area is 155 Å². The van der Waals surface area contributed by atoms with Gasteiger partial charge in [0.05, 0.1) is 5.92 Å². The molecule has 0 spiro atoms. The lowest BCUT2D eigenvalue weighted by Gasteiger charge is -2.30. The summed E-state index contributed by atoms with van der Waals surface area (Å²) in [5.74, 6) is -0.566. The van der Waals surface area contributed by atoms with Crippen molar-refractivity contribution in [1.82, 2.24) is 4.90 Å². The van der Waals surface area contributed by atoms with Crippen molar-refractivity contribution in [2.45, 2.75) is 51.4 Å². The predicted octanol–water partition coefficient (Wildman–Crippen LogP) is 3.54. The summed E-state index contributed by atoms with van der Waals surface area (Å²) in [5.41, 5.74) is 2.09. The normalized spacial score (nSPS) is 22.1. The van der Waals surface area contributed by atoms with E-state index in [1.54, 1.807) is 0 Å². The van der Waals surface area contributed by atoms with E-state index in [2.05, 4.69) is 22.3 Å². The standard InChI is InChI=1S/C21H30N2O3/c24-20(17-5-2-1-3-6-17)22-19-10-8-16(9-11-19)12-14-23-13-4-7-18(15-23)21(25)26/h8-11,17-18H,1-7,12-15H2,(H,22,24)(H,25,26). The maximum absolute atomic E-state index is 12.3. The molecule has 1 atom stereocenters. The SMILES string of the molecule is O=C(O)C1CCCN(CCc2ccc(NC(=O)C3CCCCC3)cc2)C1. The first-order valence-electron chi connectivity index (χ1n) is 9.97. The number of nitrogens with one attached hydrogen (secondary N) is 1. The van der Waals surface area contributed by atoms with E-state index in [9.17, 15) is 14.7 Å². The molecule has 5 heteroatoms. The zero-order chi connectivity index (χ0) is 18.4. The maximum Gasteiger partial charge on any atom is 0.307 e. The number of rotatable bonds is 6. The molecule has 1 amide bonds. The van der Waals surface area contributed by atoms with E-state index in [0.717, 1.165) is 63.7 Å². The number of hydrogen-bond donors (Lipinski definition) is 2. The van der Waals surface area contributed by atoms with E-state index in [4.69, 9.17) is 0 Å². The number of carboxylic acid groups (broad SMARTS) is 1. The quantitative estimate of drug-likeness (QED) is 0.816. The number of carbonyl (C=O) groups is 2. The zero-order valence-corrected chi connectivity index (χ0v) is 15.5. The van der Waals surface area contributed by atoms with E-state index in [1.165, 1.54) is 12.0 Å². The topological polar surface area (TPSA) is 69.6 Å². The molecule has 1 aromatic carbocycles. The lowest BCUT2D eigenvalue weighted by molar-refractivity contribution is -0.143. The second kappa shape index (κ2) is 9.17. The molecule has 0 aromatic heterocycles. The third-order valence-electron chi connectivity index (χ3n) is 5.77. The van der Waals surface area contributed by atoms with Gasteiger partial charge in [0.2, 0.25) is 5.91 Å². The van der Waals surface area contributed by atoms with Gasteiger partial charge >= 0.3 is 5.97 Å². The second-order valence-corrected chi connectivity index (χ2v) is 7.75. The van der Waals surface area contributed by atoms with Gasteiger partial charge in [-0.05, 0) is 56.3 Å². The number of benzene rings is 1. The van der Waals surface area contributed by atoms with Crippen LogP contribution in [0.1, 0.15) is 50.5 Å². The Bertz CT molecular complexity index is 608. The first-order valence-corrected chi connectivity index (χ1v) is 9.97.